The third-order valence-electron chi connectivity index (χ3n) is 4.51. The van der Waals surface area contributed by atoms with Gasteiger partial charge in [0.2, 0.25) is 0 Å². The van der Waals surface area contributed by atoms with E-state index in [1.807, 2.05) is 0 Å². The molecule has 4 rings (SSSR count). The maximum absolute atomic E-state index is 13.2. The zero-order valence-electron chi connectivity index (χ0n) is 15.2. The van der Waals surface area contributed by atoms with Crippen LogP contribution in [0.4, 0.5) is 9.52 Å². The van der Waals surface area contributed by atoms with Crippen molar-refractivity contribution in [3.63, 3.8) is 0 Å². The van der Waals surface area contributed by atoms with Crippen LogP contribution in [0, 0.1) is 5.13 Å². The van der Waals surface area contributed by atoms with Gasteiger partial charge in [-0.1, -0.05) is 28.6 Å². The first-order valence-electron chi connectivity index (χ1n) is 9.02. The van der Waals surface area contributed by atoms with E-state index in [1.165, 1.54) is 24.3 Å². The number of nitrogens with zero attached hydrogens (tertiary/aromatic N) is 2. The molecule has 1 N–H and O–H groups in total. The van der Waals surface area contributed by atoms with Crippen molar-refractivity contribution in [2.45, 2.75) is 35.5 Å². The molecule has 0 radical (unpaired) electrons. The van der Waals surface area contributed by atoms with E-state index in [9.17, 15) is 17.6 Å². The number of anilines is 1. The maximum Gasteiger partial charge on any atom is 0.280 e. The molecule has 0 bridgehead atoms. The Bertz CT molecular complexity index is 1030. The first kappa shape index (κ1) is 19.9. The Kier molecular flexibility index (Phi) is 5.61. The number of hydrogen-bond acceptors (Lipinski definition) is 8. The smallest absolute Gasteiger partial charge is 0.280 e. The van der Waals surface area contributed by atoms with Gasteiger partial charge in [0.05, 0.1) is 29.6 Å². The molecular formula is C18H18FN3O5S2. The molecule has 1 aromatic carbocycles. The zero-order chi connectivity index (χ0) is 20.4. The lowest BCUT2D eigenvalue weighted by atomic mass is 10.1. The van der Waals surface area contributed by atoms with Crippen LogP contribution in [0.5, 0.6) is 0 Å². The molecule has 154 valence electrons. The normalized spacial score (nSPS) is 19.9. The van der Waals surface area contributed by atoms with Crippen LogP contribution in [-0.2, 0) is 24.2 Å². The highest BCUT2D eigenvalue weighted by Gasteiger charge is 2.36. The first-order chi connectivity index (χ1) is 13.9. The molecule has 1 atom stereocenters. The van der Waals surface area contributed by atoms with Gasteiger partial charge < -0.3 is 9.57 Å². The summed E-state index contributed by atoms with van der Waals surface area (Å²) in [5, 5.41) is 5.68. The summed E-state index contributed by atoms with van der Waals surface area (Å²) < 4.78 is 43.1. The quantitative estimate of drug-likeness (QED) is 0.524. The number of ether oxygens (including phenoxy) is 1. The molecular weight excluding hydrogens is 421 g/mol. The van der Waals surface area contributed by atoms with Crippen molar-refractivity contribution in [3.8, 4) is 0 Å². The molecule has 1 unspecified atom stereocenters. The summed E-state index contributed by atoms with van der Waals surface area (Å²) in [4.78, 5) is 22.1. The molecule has 29 heavy (non-hydrogen) atoms. The fourth-order valence-corrected chi connectivity index (χ4v) is 4.99. The van der Waals surface area contributed by atoms with Crippen LogP contribution >= 0.6 is 11.3 Å². The SMILES string of the molecule is O=C(Nc1ncc(F)s1)/C(=N/OC1CCOC1)c1ccc(S(=O)(=O)C2CC2)cc1. The van der Waals surface area contributed by atoms with E-state index in [2.05, 4.69) is 15.5 Å². The summed E-state index contributed by atoms with van der Waals surface area (Å²) in [7, 11) is -3.34. The molecule has 2 fully saturated rings. The highest BCUT2D eigenvalue weighted by molar-refractivity contribution is 7.92. The van der Waals surface area contributed by atoms with Gasteiger partial charge in [-0.3, -0.25) is 10.1 Å². The zero-order valence-corrected chi connectivity index (χ0v) is 16.8. The monoisotopic (exact) mass is 439 g/mol. The lowest BCUT2D eigenvalue weighted by Gasteiger charge is -2.10. The summed E-state index contributed by atoms with van der Waals surface area (Å²) in [6.07, 6.45) is 2.71. The van der Waals surface area contributed by atoms with Crippen LogP contribution in [0.2, 0.25) is 0 Å². The summed E-state index contributed by atoms with van der Waals surface area (Å²) >= 11 is 0.683. The fourth-order valence-electron chi connectivity index (χ4n) is 2.79. The molecule has 2 aromatic rings. The summed E-state index contributed by atoms with van der Waals surface area (Å²) in [6.45, 7) is 0.919. The molecule has 8 nitrogen and oxygen atoms in total. The summed E-state index contributed by atoms with van der Waals surface area (Å²) in [5.74, 6) is -0.643. The molecule has 1 aliphatic heterocycles. The summed E-state index contributed by atoms with van der Waals surface area (Å²) in [6, 6.07) is 5.91. The minimum atomic E-state index is -3.34. The number of rotatable bonds is 7. The number of hydrogen-bond donors (Lipinski definition) is 1. The van der Waals surface area contributed by atoms with Crippen molar-refractivity contribution in [3.05, 3.63) is 41.2 Å². The van der Waals surface area contributed by atoms with Crippen LogP contribution < -0.4 is 5.32 Å². The van der Waals surface area contributed by atoms with Gasteiger partial charge in [0, 0.05) is 12.0 Å². The molecule has 11 heteroatoms. The minimum absolute atomic E-state index is 0.0668. The minimum Gasteiger partial charge on any atom is -0.389 e. The second-order valence-electron chi connectivity index (χ2n) is 6.72. The van der Waals surface area contributed by atoms with Crippen LogP contribution in [0.15, 0.2) is 40.5 Å². The van der Waals surface area contributed by atoms with Crippen molar-refractivity contribution < 1.29 is 27.2 Å². The second-order valence-corrected chi connectivity index (χ2v) is 9.93. The number of carbonyl (C=O) groups excluding carboxylic acids is 1. The lowest BCUT2D eigenvalue weighted by molar-refractivity contribution is -0.110. The molecule has 2 heterocycles. The Hall–Kier alpha value is -2.37. The predicted molar refractivity (Wildman–Crippen MR) is 104 cm³/mol. The first-order valence-corrected chi connectivity index (χ1v) is 11.4. The van der Waals surface area contributed by atoms with E-state index in [0.29, 0.717) is 49.4 Å². The van der Waals surface area contributed by atoms with Gasteiger partial charge in [-0.25, -0.2) is 13.4 Å². The van der Waals surface area contributed by atoms with Gasteiger partial charge in [0.15, 0.2) is 31.9 Å². The van der Waals surface area contributed by atoms with Crippen LogP contribution in [0.25, 0.3) is 0 Å². The number of benzene rings is 1. The van der Waals surface area contributed by atoms with E-state index in [0.717, 1.165) is 6.20 Å². The highest BCUT2D eigenvalue weighted by atomic mass is 32.2. The maximum atomic E-state index is 13.2. The summed E-state index contributed by atoms with van der Waals surface area (Å²) in [5.41, 5.74) is 0.302. The molecule has 1 saturated heterocycles. The number of aromatic nitrogens is 1. The van der Waals surface area contributed by atoms with E-state index >= 15 is 0 Å². The molecule has 2 aliphatic rings. The van der Waals surface area contributed by atoms with Crippen molar-refractivity contribution in [1.82, 2.24) is 4.98 Å². The average molecular weight is 439 g/mol. The lowest BCUT2D eigenvalue weighted by Crippen LogP contribution is -2.25. The van der Waals surface area contributed by atoms with Crippen molar-refractivity contribution >= 4 is 37.9 Å². The van der Waals surface area contributed by atoms with Crippen LogP contribution in [-0.4, -0.2) is 49.6 Å². The largest absolute Gasteiger partial charge is 0.389 e. The van der Waals surface area contributed by atoms with E-state index in [4.69, 9.17) is 9.57 Å². The average Bonchev–Trinajstić information content (AvgIpc) is 3.31. The van der Waals surface area contributed by atoms with E-state index in [-0.39, 0.29) is 27.1 Å². The van der Waals surface area contributed by atoms with Gasteiger partial charge in [-0.2, -0.15) is 4.39 Å². The van der Waals surface area contributed by atoms with Crippen molar-refractivity contribution in [1.29, 1.82) is 0 Å². The number of nitrogens with one attached hydrogen (secondary N) is 1. The van der Waals surface area contributed by atoms with Gasteiger partial charge in [-0.05, 0) is 25.0 Å². The van der Waals surface area contributed by atoms with Gasteiger partial charge >= 0.3 is 0 Å². The van der Waals surface area contributed by atoms with Crippen molar-refractivity contribution in [2.75, 3.05) is 18.5 Å². The van der Waals surface area contributed by atoms with Crippen LogP contribution in [0.3, 0.4) is 0 Å². The highest BCUT2D eigenvalue weighted by Crippen LogP contribution is 2.33. The number of sulfone groups is 1. The van der Waals surface area contributed by atoms with E-state index in [1.54, 1.807) is 0 Å². The second kappa shape index (κ2) is 8.17. The Labute approximate surface area is 170 Å². The third kappa shape index (κ3) is 4.62. The van der Waals surface area contributed by atoms with Gasteiger partial charge in [0.1, 0.15) is 0 Å². The number of thiazole rings is 1. The number of halogens is 1. The Morgan fingerprint density at radius 3 is 2.62 bits per heavy atom. The molecule has 1 saturated carbocycles. The molecule has 1 aromatic heterocycles. The Morgan fingerprint density at radius 2 is 2.03 bits per heavy atom. The van der Waals surface area contributed by atoms with Crippen molar-refractivity contribution in [2.24, 2.45) is 5.16 Å². The fraction of sp³-hybridized carbons (Fsp3) is 0.389. The molecule has 0 spiro atoms. The standard InChI is InChI=1S/C18H18FN3O5S2/c19-15-9-20-18(28-15)21-17(23)16(22-27-12-7-8-26-10-12)11-1-3-13(4-2-11)29(24,25)14-5-6-14/h1-4,9,12,14H,5-8,10H2,(H,20,21,23)/b22-16+. The number of carbonyl (C=O) groups is 1. The Morgan fingerprint density at radius 1 is 1.28 bits per heavy atom. The Balaban J connectivity index is 1.58. The molecule has 1 amide bonds. The predicted octanol–water partition coefficient (Wildman–Crippen LogP) is 2.37. The van der Waals surface area contributed by atoms with Crippen LogP contribution in [0.1, 0.15) is 24.8 Å². The number of amides is 1. The molecule has 1 aliphatic carbocycles. The van der Waals surface area contributed by atoms with Gasteiger partial charge in [0.25, 0.3) is 5.91 Å². The topological polar surface area (TPSA) is 107 Å². The van der Waals surface area contributed by atoms with Gasteiger partial charge in [-0.15, -0.1) is 0 Å². The number of oxime groups is 1. The third-order valence-corrected chi connectivity index (χ3v) is 7.49. The van der Waals surface area contributed by atoms with E-state index < -0.39 is 20.9 Å².